The molecule has 6 heteroatoms. The molecular weight excluding hydrogens is 249 g/mol. The summed E-state index contributed by atoms with van der Waals surface area (Å²) in [4.78, 5) is 4.41. The molecule has 17 heavy (non-hydrogen) atoms. The smallest absolute Gasteiger partial charge is 0.375 e. The van der Waals surface area contributed by atoms with Gasteiger partial charge in [0.2, 0.25) is 0 Å². The monoisotopic (exact) mass is 258 g/mol. The van der Waals surface area contributed by atoms with Crippen LogP contribution in [-0.2, 0) is 6.18 Å². The molecule has 2 nitrogen and oxygen atoms in total. The summed E-state index contributed by atoms with van der Waals surface area (Å²) in [5, 5.41) is 0.273. The predicted octanol–water partition coefficient (Wildman–Crippen LogP) is 3.72. The van der Waals surface area contributed by atoms with Gasteiger partial charge in [0.15, 0.2) is 5.13 Å². The molecule has 0 unspecified atom stereocenters. The Morgan fingerprint density at radius 3 is 2.41 bits per heavy atom. The lowest BCUT2D eigenvalue weighted by Gasteiger charge is -2.11. The SMILES string of the molecule is Cc1nc(N)sc1-c1ccccc1C(F)(F)F. The fraction of sp³-hybridized carbons (Fsp3) is 0.182. The molecular formula is C11H9F3N2S. The Labute approximate surface area is 99.9 Å². The predicted molar refractivity (Wildman–Crippen MR) is 61.7 cm³/mol. The van der Waals surface area contributed by atoms with Crippen LogP contribution in [-0.4, -0.2) is 4.98 Å². The normalized spacial score (nSPS) is 11.8. The van der Waals surface area contributed by atoms with Crippen LogP contribution in [0.4, 0.5) is 18.3 Å². The topological polar surface area (TPSA) is 38.9 Å². The van der Waals surface area contributed by atoms with E-state index in [-0.39, 0.29) is 10.7 Å². The van der Waals surface area contributed by atoms with Gasteiger partial charge in [-0.25, -0.2) is 4.98 Å². The van der Waals surface area contributed by atoms with Crippen LogP contribution in [0.2, 0.25) is 0 Å². The van der Waals surface area contributed by atoms with E-state index in [9.17, 15) is 13.2 Å². The van der Waals surface area contributed by atoms with Crippen molar-refractivity contribution in [2.24, 2.45) is 0 Å². The van der Waals surface area contributed by atoms with Crippen LogP contribution in [0.5, 0.6) is 0 Å². The van der Waals surface area contributed by atoms with E-state index >= 15 is 0 Å². The molecule has 0 aliphatic rings. The quantitative estimate of drug-likeness (QED) is 0.846. The first kappa shape index (κ1) is 11.9. The maximum absolute atomic E-state index is 12.8. The van der Waals surface area contributed by atoms with Gasteiger partial charge < -0.3 is 5.73 Å². The summed E-state index contributed by atoms with van der Waals surface area (Å²) in [5.41, 5.74) is 5.49. The summed E-state index contributed by atoms with van der Waals surface area (Å²) in [6.45, 7) is 1.65. The lowest BCUT2D eigenvalue weighted by atomic mass is 10.0. The van der Waals surface area contributed by atoms with Gasteiger partial charge in [0.1, 0.15) is 0 Å². The van der Waals surface area contributed by atoms with Gasteiger partial charge in [0.05, 0.1) is 16.1 Å². The van der Waals surface area contributed by atoms with E-state index in [1.807, 2.05) is 0 Å². The number of aryl methyl sites for hydroxylation is 1. The van der Waals surface area contributed by atoms with Crippen molar-refractivity contribution in [2.45, 2.75) is 13.1 Å². The highest BCUT2D eigenvalue weighted by molar-refractivity contribution is 7.18. The van der Waals surface area contributed by atoms with Crippen LogP contribution in [0, 0.1) is 6.92 Å². The Morgan fingerprint density at radius 1 is 1.24 bits per heavy atom. The van der Waals surface area contributed by atoms with Crippen molar-refractivity contribution in [3.63, 3.8) is 0 Å². The Bertz CT molecular complexity index is 546. The lowest BCUT2D eigenvalue weighted by molar-refractivity contribution is -0.137. The van der Waals surface area contributed by atoms with Crippen LogP contribution in [0.25, 0.3) is 10.4 Å². The Hall–Kier alpha value is -1.56. The minimum Gasteiger partial charge on any atom is -0.375 e. The molecule has 1 heterocycles. The molecule has 0 aliphatic carbocycles. The number of benzene rings is 1. The second kappa shape index (κ2) is 4.03. The molecule has 0 bridgehead atoms. The van der Waals surface area contributed by atoms with Gasteiger partial charge in [-0.2, -0.15) is 13.2 Å². The minimum absolute atomic E-state index is 0.131. The molecule has 0 atom stereocenters. The van der Waals surface area contributed by atoms with Crippen LogP contribution in [0.1, 0.15) is 11.3 Å². The zero-order valence-electron chi connectivity index (χ0n) is 8.88. The van der Waals surface area contributed by atoms with Crippen molar-refractivity contribution < 1.29 is 13.2 Å². The molecule has 0 saturated carbocycles. The van der Waals surface area contributed by atoms with Crippen LogP contribution >= 0.6 is 11.3 Å². The molecule has 90 valence electrons. The van der Waals surface area contributed by atoms with Crippen LogP contribution in [0.3, 0.4) is 0 Å². The summed E-state index contributed by atoms with van der Waals surface area (Å²) in [6.07, 6.45) is -4.37. The standard InChI is InChI=1S/C11H9F3N2S/c1-6-9(17-10(15)16-6)7-4-2-3-5-8(7)11(12,13)14/h2-5H,1H3,(H2,15,16). The molecule has 0 saturated heterocycles. The molecule has 1 aromatic carbocycles. The summed E-state index contributed by atoms with van der Waals surface area (Å²) in [7, 11) is 0. The number of nitrogens with two attached hydrogens (primary N) is 1. The van der Waals surface area contributed by atoms with Gasteiger partial charge in [0, 0.05) is 5.56 Å². The lowest BCUT2D eigenvalue weighted by Crippen LogP contribution is -2.06. The summed E-state index contributed by atoms with van der Waals surface area (Å²) in [5.74, 6) is 0. The van der Waals surface area contributed by atoms with Crippen molar-refractivity contribution in [3.8, 4) is 10.4 Å². The highest BCUT2D eigenvalue weighted by atomic mass is 32.1. The number of anilines is 1. The number of aromatic nitrogens is 1. The van der Waals surface area contributed by atoms with Crippen LogP contribution < -0.4 is 5.73 Å². The number of alkyl halides is 3. The second-order valence-corrected chi connectivity index (χ2v) is 4.54. The highest BCUT2D eigenvalue weighted by Gasteiger charge is 2.34. The Morgan fingerprint density at radius 2 is 1.88 bits per heavy atom. The number of thiazole rings is 1. The Balaban J connectivity index is 2.64. The number of rotatable bonds is 1. The molecule has 0 fully saturated rings. The maximum Gasteiger partial charge on any atom is 0.417 e. The van der Waals surface area contributed by atoms with Crippen LogP contribution in [0.15, 0.2) is 24.3 Å². The maximum atomic E-state index is 12.8. The van der Waals surface area contributed by atoms with Gasteiger partial charge in [0.25, 0.3) is 0 Å². The second-order valence-electron chi connectivity index (χ2n) is 3.51. The van der Waals surface area contributed by atoms with E-state index in [2.05, 4.69) is 4.98 Å². The molecule has 0 radical (unpaired) electrons. The van der Waals surface area contributed by atoms with Gasteiger partial charge >= 0.3 is 6.18 Å². The van der Waals surface area contributed by atoms with Gasteiger partial charge in [-0.15, -0.1) is 0 Å². The number of hydrogen-bond acceptors (Lipinski definition) is 3. The third-order valence-corrected chi connectivity index (χ3v) is 3.31. The van der Waals surface area contributed by atoms with E-state index in [1.54, 1.807) is 13.0 Å². The summed E-state index contributed by atoms with van der Waals surface area (Å²) in [6, 6.07) is 5.43. The van der Waals surface area contributed by atoms with E-state index in [0.717, 1.165) is 17.4 Å². The van der Waals surface area contributed by atoms with Crippen molar-refractivity contribution in [3.05, 3.63) is 35.5 Å². The fourth-order valence-corrected chi connectivity index (χ4v) is 2.47. The number of nitrogens with zero attached hydrogens (tertiary/aromatic N) is 1. The Kier molecular flexibility index (Phi) is 2.82. The average molecular weight is 258 g/mol. The zero-order chi connectivity index (χ0) is 12.6. The number of nitrogen functional groups attached to an aromatic ring is 1. The van der Waals surface area contributed by atoms with E-state index < -0.39 is 11.7 Å². The van der Waals surface area contributed by atoms with Gasteiger partial charge in [-0.05, 0) is 13.0 Å². The molecule has 2 N–H and O–H groups in total. The molecule has 0 amide bonds. The summed E-state index contributed by atoms with van der Waals surface area (Å²) < 4.78 is 38.5. The molecule has 0 aliphatic heterocycles. The van der Waals surface area contributed by atoms with Crippen molar-refractivity contribution >= 4 is 16.5 Å². The third kappa shape index (κ3) is 2.26. The number of hydrogen-bond donors (Lipinski definition) is 1. The minimum atomic E-state index is -4.37. The van der Waals surface area contributed by atoms with Gasteiger partial charge in [-0.1, -0.05) is 29.5 Å². The third-order valence-electron chi connectivity index (χ3n) is 2.29. The molecule has 0 spiro atoms. The first-order chi connectivity index (χ1) is 7.89. The van der Waals surface area contributed by atoms with E-state index in [1.165, 1.54) is 12.1 Å². The van der Waals surface area contributed by atoms with Crippen molar-refractivity contribution in [1.29, 1.82) is 0 Å². The molecule has 1 aromatic heterocycles. The largest absolute Gasteiger partial charge is 0.417 e. The van der Waals surface area contributed by atoms with Crippen molar-refractivity contribution in [1.82, 2.24) is 4.98 Å². The van der Waals surface area contributed by atoms with Crippen molar-refractivity contribution in [2.75, 3.05) is 5.73 Å². The number of halogens is 3. The fourth-order valence-electron chi connectivity index (χ4n) is 1.60. The highest BCUT2D eigenvalue weighted by Crippen LogP contribution is 2.40. The van der Waals surface area contributed by atoms with E-state index in [0.29, 0.717) is 10.6 Å². The zero-order valence-corrected chi connectivity index (χ0v) is 9.69. The summed E-state index contributed by atoms with van der Waals surface area (Å²) >= 11 is 1.06. The average Bonchev–Trinajstić information content (AvgIpc) is 2.56. The van der Waals surface area contributed by atoms with Gasteiger partial charge in [-0.3, -0.25) is 0 Å². The first-order valence-corrected chi connectivity index (χ1v) is 5.60. The first-order valence-electron chi connectivity index (χ1n) is 4.79. The molecule has 2 aromatic rings. The van der Waals surface area contributed by atoms with E-state index in [4.69, 9.17) is 5.73 Å². The molecule has 2 rings (SSSR count).